The number of rotatable bonds is 2. The molecule has 1 unspecified atom stereocenters. The number of hydrogen-bond donors (Lipinski definition) is 2. The molecule has 0 radical (unpaired) electrons. The Bertz CT molecular complexity index is 669. The summed E-state index contributed by atoms with van der Waals surface area (Å²) in [5.41, 5.74) is 3.75. The van der Waals surface area contributed by atoms with Crippen LogP contribution in [0.25, 0.3) is 0 Å². The second kappa shape index (κ2) is 5.33. The van der Waals surface area contributed by atoms with Gasteiger partial charge in [-0.3, -0.25) is 0 Å². The van der Waals surface area contributed by atoms with Crippen molar-refractivity contribution >= 4 is 5.69 Å². The van der Waals surface area contributed by atoms with Crippen molar-refractivity contribution in [1.29, 1.82) is 0 Å². The fourth-order valence-electron chi connectivity index (χ4n) is 1.89. The Morgan fingerprint density at radius 1 is 1.00 bits per heavy atom. The van der Waals surface area contributed by atoms with Gasteiger partial charge in [-0.25, -0.2) is 8.78 Å². The minimum atomic E-state index is -4.90. The van der Waals surface area contributed by atoms with Crippen LogP contribution in [-0.2, 0) is 6.18 Å². The molecular formula is C14H10F5NO. The van der Waals surface area contributed by atoms with E-state index in [1.807, 2.05) is 0 Å². The van der Waals surface area contributed by atoms with Crippen LogP contribution in [0.15, 0.2) is 36.4 Å². The van der Waals surface area contributed by atoms with E-state index in [-0.39, 0.29) is 16.8 Å². The zero-order valence-corrected chi connectivity index (χ0v) is 10.5. The van der Waals surface area contributed by atoms with Gasteiger partial charge in [0.2, 0.25) is 0 Å². The molecule has 2 rings (SSSR count). The summed E-state index contributed by atoms with van der Waals surface area (Å²) in [6.45, 7) is 0. The predicted octanol–water partition coefficient (Wildman–Crippen LogP) is 3.65. The van der Waals surface area contributed by atoms with Crippen molar-refractivity contribution in [2.24, 2.45) is 0 Å². The summed E-state index contributed by atoms with van der Waals surface area (Å²) in [6, 6.07) is 5.21. The standard InChI is InChI=1S/C14H10F5NO/c15-8-2-4-12(20)9(6-8)13(21)7-1-3-11(16)10(5-7)14(17,18)19/h1-6,13,21H,20H2. The molecule has 0 aromatic heterocycles. The summed E-state index contributed by atoms with van der Waals surface area (Å²) < 4.78 is 64.2. The van der Waals surface area contributed by atoms with Gasteiger partial charge in [0.15, 0.2) is 0 Å². The van der Waals surface area contributed by atoms with Gasteiger partial charge in [-0.2, -0.15) is 13.2 Å². The van der Waals surface area contributed by atoms with E-state index < -0.39 is 29.5 Å². The number of benzene rings is 2. The third-order valence-electron chi connectivity index (χ3n) is 2.95. The molecule has 2 aromatic carbocycles. The third-order valence-corrected chi connectivity index (χ3v) is 2.95. The zero-order chi connectivity index (χ0) is 15.8. The second-order valence-electron chi connectivity index (χ2n) is 4.41. The van der Waals surface area contributed by atoms with Gasteiger partial charge in [0.1, 0.15) is 17.7 Å². The first-order valence-corrected chi connectivity index (χ1v) is 5.80. The maximum absolute atomic E-state index is 13.2. The molecule has 0 bridgehead atoms. The maximum atomic E-state index is 13.2. The van der Waals surface area contributed by atoms with Crippen LogP contribution in [-0.4, -0.2) is 5.11 Å². The number of alkyl halides is 3. The number of nitrogens with two attached hydrogens (primary N) is 1. The smallest absolute Gasteiger partial charge is 0.398 e. The van der Waals surface area contributed by atoms with Crippen molar-refractivity contribution in [3.8, 4) is 0 Å². The van der Waals surface area contributed by atoms with Gasteiger partial charge in [-0.1, -0.05) is 6.07 Å². The summed E-state index contributed by atoms with van der Waals surface area (Å²) in [4.78, 5) is 0. The maximum Gasteiger partial charge on any atom is 0.419 e. The Hall–Kier alpha value is -2.15. The lowest BCUT2D eigenvalue weighted by Gasteiger charge is -2.16. The van der Waals surface area contributed by atoms with E-state index in [1.54, 1.807) is 0 Å². The van der Waals surface area contributed by atoms with Crippen LogP contribution < -0.4 is 5.73 Å². The van der Waals surface area contributed by atoms with Gasteiger partial charge in [0.25, 0.3) is 0 Å². The Labute approximate surface area is 116 Å². The van der Waals surface area contributed by atoms with Crippen LogP contribution in [0.1, 0.15) is 22.8 Å². The Morgan fingerprint density at radius 2 is 1.67 bits per heavy atom. The minimum absolute atomic E-state index is 0.0155. The SMILES string of the molecule is Nc1ccc(F)cc1C(O)c1ccc(F)c(C(F)(F)F)c1. The highest BCUT2D eigenvalue weighted by atomic mass is 19.4. The molecular weight excluding hydrogens is 293 g/mol. The molecule has 2 nitrogen and oxygen atoms in total. The fraction of sp³-hybridized carbons (Fsp3) is 0.143. The molecule has 0 aliphatic heterocycles. The van der Waals surface area contributed by atoms with Crippen molar-refractivity contribution < 1.29 is 27.1 Å². The average molecular weight is 303 g/mol. The van der Waals surface area contributed by atoms with Gasteiger partial charge in [-0.15, -0.1) is 0 Å². The minimum Gasteiger partial charge on any atom is -0.398 e. The van der Waals surface area contributed by atoms with Crippen molar-refractivity contribution in [2.75, 3.05) is 5.73 Å². The van der Waals surface area contributed by atoms with Crippen molar-refractivity contribution in [1.82, 2.24) is 0 Å². The molecule has 0 aliphatic carbocycles. The lowest BCUT2D eigenvalue weighted by Crippen LogP contribution is -2.11. The lowest BCUT2D eigenvalue weighted by molar-refractivity contribution is -0.140. The highest BCUT2D eigenvalue weighted by molar-refractivity contribution is 5.51. The Balaban J connectivity index is 2.49. The summed E-state index contributed by atoms with van der Waals surface area (Å²) in [6.07, 6.45) is -6.49. The molecule has 7 heteroatoms. The van der Waals surface area contributed by atoms with Crippen LogP contribution in [0.3, 0.4) is 0 Å². The van der Waals surface area contributed by atoms with Gasteiger partial charge >= 0.3 is 6.18 Å². The van der Waals surface area contributed by atoms with Crippen LogP contribution in [0, 0.1) is 11.6 Å². The number of hydrogen-bond acceptors (Lipinski definition) is 2. The topological polar surface area (TPSA) is 46.2 Å². The number of aliphatic hydroxyl groups excluding tert-OH is 1. The first-order chi connectivity index (χ1) is 9.70. The summed E-state index contributed by atoms with van der Waals surface area (Å²) >= 11 is 0. The molecule has 2 aromatic rings. The van der Waals surface area contributed by atoms with Crippen LogP contribution >= 0.6 is 0 Å². The lowest BCUT2D eigenvalue weighted by atomic mass is 9.98. The molecule has 0 aliphatic rings. The normalized spacial score (nSPS) is 13.2. The van der Waals surface area contributed by atoms with E-state index >= 15 is 0 Å². The first-order valence-electron chi connectivity index (χ1n) is 5.80. The number of nitrogen functional groups attached to an aromatic ring is 1. The molecule has 1 atom stereocenters. The van der Waals surface area contributed by atoms with Crippen molar-refractivity contribution in [2.45, 2.75) is 12.3 Å². The van der Waals surface area contributed by atoms with Gasteiger partial charge in [0, 0.05) is 11.3 Å². The number of aliphatic hydroxyl groups is 1. The Morgan fingerprint density at radius 3 is 2.29 bits per heavy atom. The fourth-order valence-corrected chi connectivity index (χ4v) is 1.89. The van der Waals surface area contributed by atoms with E-state index in [0.29, 0.717) is 12.1 Å². The molecule has 112 valence electrons. The zero-order valence-electron chi connectivity index (χ0n) is 10.5. The van der Waals surface area contributed by atoms with Gasteiger partial charge < -0.3 is 10.8 Å². The highest BCUT2D eigenvalue weighted by Crippen LogP contribution is 2.35. The molecule has 0 spiro atoms. The van der Waals surface area contributed by atoms with Crippen molar-refractivity contribution in [3.05, 3.63) is 64.7 Å². The third kappa shape index (κ3) is 3.13. The van der Waals surface area contributed by atoms with Gasteiger partial charge in [0.05, 0.1) is 5.56 Å². The van der Waals surface area contributed by atoms with Crippen molar-refractivity contribution in [3.63, 3.8) is 0 Å². The van der Waals surface area contributed by atoms with E-state index in [2.05, 4.69) is 0 Å². The van der Waals surface area contributed by atoms with E-state index in [4.69, 9.17) is 5.73 Å². The van der Waals surface area contributed by atoms with E-state index in [1.165, 1.54) is 6.07 Å². The first kappa shape index (κ1) is 15.2. The van der Waals surface area contributed by atoms with E-state index in [9.17, 15) is 27.1 Å². The monoisotopic (exact) mass is 303 g/mol. The largest absolute Gasteiger partial charge is 0.419 e. The van der Waals surface area contributed by atoms with Crippen LogP contribution in [0.2, 0.25) is 0 Å². The molecule has 0 heterocycles. The Kier molecular flexibility index (Phi) is 3.87. The summed E-state index contributed by atoms with van der Waals surface area (Å²) in [5, 5.41) is 10.0. The molecule has 3 N–H and O–H groups in total. The average Bonchev–Trinajstić information content (AvgIpc) is 2.40. The molecule has 21 heavy (non-hydrogen) atoms. The molecule has 0 amide bonds. The summed E-state index contributed by atoms with van der Waals surface area (Å²) in [5.74, 6) is -2.15. The summed E-state index contributed by atoms with van der Waals surface area (Å²) in [7, 11) is 0. The molecule has 0 fully saturated rings. The molecule has 0 saturated carbocycles. The number of halogens is 5. The van der Waals surface area contributed by atoms with Gasteiger partial charge in [-0.05, 0) is 35.9 Å². The second-order valence-corrected chi connectivity index (χ2v) is 4.41. The highest BCUT2D eigenvalue weighted by Gasteiger charge is 2.34. The molecule has 0 saturated heterocycles. The quantitative estimate of drug-likeness (QED) is 0.657. The van der Waals surface area contributed by atoms with Crippen LogP contribution in [0.5, 0.6) is 0 Å². The number of anilines is 1. The van der Waals surface area contributed by atoms with E-state index in [0.717, 1.165) is 18.2 Å². The predicted molar refractivity (Wildman–Crippen MR) is 66.3 cm³/mol. The van der Waals surface area contributed by atoms with Crippen LogP contribution in [0.4, 0.5) is 27.6 Å².